The van der Waals surface area contributed by atoms with Gasteiger partial charge in [0, 0.05) is 31.7 Å². The van der Waals surface area contributed by atoms with E-state index in [1.54, 1.807) is 4.90 Å². The number of likely N-dealkylation sites (tertiary alicyclic amines) is 1. The van der Waals surface area contributed by atoms with E-state index in [2.05, 4.69) is 0 Å². The van der Waals surface area contributed by atoms with E-state index in [-0.39, 0.29) is 19.6 Å². The Morgan fingerprint density at radius 3 is 2.44 bits per heavy atom. The average molecular weight is 269 g/mol. The first-order chi connectivity index (χ1) is 8.30. The van der Waals surface area contributed by atoms with Crippen LogP contribution in [0.25, 0.3) is 0 Å². The van der Waals surface area contributed by atoms with Crippen molar-refractivity contribution in [3.8, 4) is 0 Å². The van der Waals surface area contributed by atoms with E-state index >= 15 is 0 Å². The highest BCUT2D eigenvalue weighted by Gasteiger charge is 2.57. The summed E-state index contributed by atoms with van der Waals surface area (Å²) in [4.78, 5) is 1.57. The number of hydrogen-bond donors (Lipinski definition) is 2. The molecule has 0 amide bonds. The Labute approximate surface area is 103 Å². The van der Waals surface area contributed by atoms with Crippen LogP contribution in [0.5, 0.6) is 0 Å². The summed E-state index contributed by atoms with van der Waals surface area (Å²) in [7, 11) is 0. The summed E-state index contributed by atoms with van der Waals surface area (Å²) in [6.45, 7) is 0.897. The van der Waals surface area contributed by atoms with Gasteiger partial charge in [0.25, 0.3) is 0 Å². The van der Waals surface area contributed by atoms with Crippen LogP contribution in [0, 0.1) is 5.41 Å². The largest absolute Gasteiger partial charge is 0.418 e. The number of nitrogens with zero attached hydrogens (tertiary/aromatic N) is 1. The van der Waals surface area contributed by atoms with Gasteiger partial charge in [-0.15, -0.1) is 0 Å². The van der Waals surface area contributed by atoms with Crippen LogP contribution in [0.1, 0.15) is 12.8 Å². The maximum absolute atomic E-state index is 12.7. The number of β-amino-alcohol motifs (C(OH)–C–C–N with tert-alkyl or cyclic N) is 1. The van der Waals surface area contributed by atoms with Crippen LogP contribution in [-0.4, -0.2) is 66.3 Å². The molecule has 0 aromatic rings. The standard InChI is InChI=1S/C11H18F3NO3/c12-11(13,14)10(17)1-3-15(6-10)5-9(7-16)2-4-18-8-9/h16-17H,1-8H2. The molecule has 18 heavy (non-hydrogen) atoms. The van der Waals surface area contributed by atoms with Crippen molar-refractivity contribution in [2.45, 2.75) is 24.6 Å². The quantitative estimate of drug-likeness (QED) is 0.778. The van der Waals surface area contributed by atoms with Gasteiger partial charge in [-0.05, 0) is 12.8 Å². The van der Waals surface area contributed by atoms with E-state index in [4.69, 9.17) is 4.74 Å². The second-order valence-electron chi connectivity index (χ2n) is 5.45. The summed E-state index contributed by atoms with van der Waals surface area (Å²) >= 11 is 0. The van der Waals surface area contributed by atoms with Crippen molar-refractivity contribution < 1.29 is 28.1 Å². The van der Waals surface area contributed by atoms with Crippen LogP contribution in [0.3, 0.4) is 0 Å². The number of alkyl halides is 3. The molecule has 0 aromatic carbocycles. The highest BCUT2D eigenvalue weighted by molar-refractivity contribution is 4.98. The van der Waals surface area contributed by atoms with Crippen molar-refractivity contribution in [2.24, 2.45) is 5.41 Å². The maximum atomic E-state index is 12.7. The molecule has 4 nitrogen and oxygen atoms in total. The van der Waals surface area contributed by atoms with Gasteiger partial charge in [0.05, 0.1) is 13.2 Å². The van der Waals surface area contributed by atoms with E-state index in [9.17, 15) is 23.4 Å². The topological polar surface area (TPSA) is 52.9 Å². The molecule has 0 radical (unpaired) electrons. The van der Waals surface area contributed by atoms with Gasteiger partial charge in [0.2, 0.25) is 0 Å². The Kier molecular flexibility index (Phi) is 3.61. The van der Waals surface area contributed by atoms with E-state index in [1.807, 2.05) is 0 Å². The summed E-state index contributed by atoms with van der Waals surface area (Å²) in [5.41, 5.74) is -3.08. The second-order valence-corrected chi connectivity index (χ2v) is 5.45. The SMILES string of the molecule is OCC1(CN2CCC(O)(C(F)(F)F)C2)CCOC1. The summed E-state index contributed by atoms with van der Waals surface area (Å²) in [5.74, 6) is 0. The van der Waals surface area contributed by atoms with E-state index in [1.165, 1.54) is 0 Å². The molecule has 0 aliphatic carbocycles. The van der Waals surface area contributed by atoms with Gasteiger partial charge in [-0.25, -0.2) is 0 Å². The Morgan fingerprint density at radius 2 is 2.00 bits per heavy atom. The fourth-order valence-corrected chi connectivity index (χ4v) is 2.66. The van der Waals surface area contributed by atoms with Crippen molar-refractivity contribution in [1.82, 2.24) is 4.90 Å². The smallest absolute Gasteiger partial charge is 0.396 e. The molecule has 2 fully saturated rings. The van der Waals surface area contributed by atoms with Crippen LogP contribution in [-0.2, 0) is 4.74 Å². The Hall–Kier alpha value is -0.370. The molecule has 2 aliphatic rings. The van der Waals surface area contributed by atoms with Crippen LogP contribution < -0.4 is 0 Å². The highest BCUT2D eigenvalue weighted by atomic mass is 19.4. The van der Waals surface area contributed by atoms with Gasteiger partial charge >= 0.3 is 6.18 Å². The molecule has 7 heteroatoms. The predicted octanol–water partition coefficient (Wildman–Crippen LogP) is 0.384. The fraction of sp³-hybridized carbons (Fsp3) is 1.00. The summed E-state index contributed by atoms with van der Waals surface area (Å²) in [5, 5.41) is 18.9. The van der Waals surface area contributed by atoms with Crippen molar-refractivity contribution in [1.29, 1.82) is 0 Å². The van der Waals surface area contributed by atoms with Crippen LogP contribution in [0.15, 0.2) is 0 Å². The van der Waals surface area contributed by atoms with Crippen LogP contribution in [0.4, 0.5) is 13.2 Å². The molecule has 2 unspecified atom stereocenters. The molecular weight excluding hydrogens is 251 g/mol. The number of rotatable bonds is 3. The fourth-order valence-electron chi connectivity index (χ4n) is 2.66. The third kappa shape index (κ3) is 2.49. The first-order valence-corrected chi connectivity index (χ1v) is 6.00. The molecule has 0 saturated carbocycles. The lowest BCUT2D eigenvalue weighted by atomic mass is 9.88. The number of ether oxygens (including phenoxy) is 1. The molecule has 0 bridgehead atoms. The third-order valence-electron chi connectivity index (χ3n) is 3.93. The normalized spacial score (nSPS) is 38.5. The van der Waals surface area contributed by atoms with Gasteiger partial charge in [0.15, 0.2) is 5.60 Å². The summed E-state index contributed by atoms with van der Waals surface area (Å²) < 4.78 is 43.2. The first kappa shape index (κ1) is 14.0. The van der Waals surface area contributed by atoms with Crippen molar-refractivity contribution >= 4 is 0 Å². The van der Waals surface area contributed by atoms with E-state index < -0.39 is 23.7 Å². The zero-order chi connectivity index (χ0) is 13.4. The molecule has 2 atom stereocenters. The minimum Gasteiger partial charge on any atom is -0.396 e. The monoisotopic (exact) mass is 269 g/mol. The second kappa shape index (κ2) is 4.63. The van der Waals surface area contributed by atoms with Gasteiger partial charge < -0.3 is 14.9 Å². The molecule has 106 valence electrons. The first-order valence-electron chi connectivity index (χ1n) is 6.00. The number of hydrogen-bond acceptors (Lipinski definition) is 4. The Morgan fingerprint density at radius 1 is 1.28 bits per heavy atom. The van der Waals surface area contributed by atoms with Gasteiger partial charge in [0.1, 0.15) is 0 Å². The molecule has 2 heterocycles. The molecule has 0 spiro atoms. The van der Waals surface area contributed by atoms with Crippen LogP contribution >= 0.6 is 0 Å². The molecule has 2 N–H and O–H groups in total. The minimum atomic E-state index is -4.60. The van der Waals surface area contributed by atoms with Crippen LogP contribution in [0.2, 0.25) is 0 Å². The van der Waals surface area contributed by atoms with Gasteiger partial charge in [-0.2, -0.15) is 13.2 Å². The van der Waals surface area contributed by atoms with E-state index in [0.29, 0.717) is 26.2 Å². The molecule has 2 aliphatic heterocycles. The zero-order valence-electron chi connectivity index (χ0n) is 10.0. The van der Waals surface area contributed by atoms with Gasteiger partial charge in [-0.1, -0.05) is 0 Å². The van der Waals surface area contributed by atoms with E-state index in [0.717, 1.165) is 0 Å². The lowest BCUT2D eigenvalue weighted by molar-refractivity contribution is -0.254. The summed E-state index contributed by atoms with van der Waals surface area (Å²) in [6.07, 6.45) is -4.26. The minimum absolute atomic E-state index is 0.103. The Balaban J connectivity index is 1.97. The number of aliphatic hydroxyl groups excluding tert-OH is 1. The Bertz CT molecular complexity index is 304. The molecular formula is C11H18F3NO3. The number of aliphatic hydroxyl groups is 2. The molecule has 0 aromatic heterocycles. The molecule has 2 saturated heterocycles. The lowest BCUT2D eigenvalue weighted by Crippen LogP contribution is -2.49. The average Bonchev–Trinajstić information content (AvgIpc) is 2.87. The third-order valence-corrected chi connectivity index (χ3v) is 3.93. The predicted molar refractivity (Wildman–Crippen MR) is 57.0 cm³/mol. The summed E-state index contributed by atoms with van der Waals surface area (Å²) in [6, 6.07) is 0. The molecule has 2 rings (SSSR count). The van der Waals surface area contributed by atoms with Crippen molar-refractivity contribution in [3.63, 3.8) is 0 Å². The lowest BCUT2D eigenvalue weighted by Gasteiger charge is -2.31. The van der Waals surface area contributed by atoms with Crippen molar-refractivity contribution in [3.05, 3.63) is 0 Å². The maximum Gasteiger partial charge on any atom is 0.418 e. The van der Waals surface area contributed by atoms with Gasteiger partial charge in [-0.3, -0.25) is 4.90 Å². The number of halogens is 3. The zero-order valence-corrected chi connectivity index (χ0v) is 10.0. The van der Waals surface area contributed by atoms with Crippen molar-refractivity contribution in [2.75, 3.05) is 39.5 Å². The highest BCUT2D eigenvalue weighted by Crippen LogP contribution is 2.39.